The molecule has 0 saturated heterocycles. The highest BCUT2D eigenvalue weighted by molar-refractivity contribution is 8.00. The normalized spacial score (nSPS) is 14.4. The first kappa shape index (κ1) is 105. The van der Waals surface area contributed by atoms with Crippen molar-refractivity contribution in [3.8, 4) is 47.0 Å². The molecule has 0 radical (unpaired) electrons. The molecule has 0 bridgehead atoms. The number of carbonyl (C=O) groups excluding carboxylic acids is 2. The van der Waals surface area contributed by atoms with Gasteiger partial charge in [-0.3, -0.25) is 8.60 Å². The van der Waals surface area contributed by atoms with Crippen molar-refractivity contribution in [3.63, 3.8) is 0 Å². The van der Waals surface area contributed by atoms with Gasteiger partial charge in [0.1, 0.15) is 77.8 Å². The van der Waals surface area contributed by atoms with Gasteiger partial charge in [-0.05, 0) is 177 Å². The molecule has 2 saturated carbocycles. The number of ether oxygens (including phenoxy) is 2. The maximum atomic E-state index is 12.4. The van der Waals surface area contributed by atoms with Crippen LogP contribution in [0.4, 0.5) is 60.1 Å². The number of hydrogen-bond donors (Lipinski definition) is 8. The van der Waals surface area contributed by atoms with Crippen LogP contribution >= 0.6 is 82.2 Å². The van der Waals surface area contributed by atoms with Gasteiger partial charge in [-0.25, -0.2) is 44.5 Å². The lowest BCUT2D eigenvalue weighted by atomic mass is 9.90. The molecule has 5 atom stereocenters. The van der Waals surface area contributed by atoms with E-state index >= 15 is 0 Å². The van der Waals surface area contributed by atoms with Crippen LogP contribution in [0.1, 0.15) is 145 Å². The number of nitrogen functional groups attached to an aromatic ring is 1. The Balaban J connectivity index is 0.000000225. The zero-order valence-corrected chi connectivity index (χ0v) is 80.7. The van der Waals surface area contributed by atoms with Gasteiger partial charge in [-0.15, -0.1) is 47.0 Å². The zero-order valence-electron chi connectivity index (χ0n) is 75.2. The number of nitrogens with one attached hydrogen (secondary N) is 6. The lowest BCUT2D eigenvalue weighted by Crippen LogP contribution is -2.50. The molecule has 1 unspecified atom stereocenters. The summed E-state index contributed by atoms with van der Waals surface area (Å²) in [6.45, 7) is 16.9. The molecule has 46 heteroatoms. The van der Waals surface area contributed by atoms with E-state index in [-0.39, 0.29) is 48.0 Å². The highest BCUT2D eigenvalue weighted by Crippen LogP contribution is 2.34. The minimum atomic E-state index is -1.32. The standard InChI is InChI=1S/C25H31N9O2S.C16H15N7OS2.C16H15N7S2.C11H22N2O2.C8H8ClN3S2.C8H8N4.CH3F.CH4/c1-25(2,3)36-24(35)31-20-11-6-5-10-19(20)30-23-32-21(18(15-26)22(33-23)37-4)29-16-8-7-9-17(14-16)34-27-12-13-28-34;1-3-26(24)16-21-14(13(10-17)15(22-16)25-2)20-11-5-4-6-12(9-11)23-18-7-8-19-23;1-3-25-16-21-14(13(10-17)15(22-16)24-2)20-11-5-4-6-12(9-11)23-18-7-8-19-23;1-11(2,3)15-10(14)13-9-7-5-4-6-8(9)12;1-3-14-8-11-6(9)5(4-10)7(12-8)13-2;9-7-2-1-3-8(6-7)12-10-4-5-11-12;1-2;/h7-9,12-14,19-20H,5-6,10-11H2,1-4H3,(H,31,35)(H2,29,30,32,33);4-9H,3H2,1-2H3,(H,20,21,22);4-9H,3H2,1-2H3,(H,20,21,22);8-9H,4-7,12H2,1-3H3,(H,13,14);3H2,1-2H3;1-6H,9H2;1H3;1H4/t19-,20+;;;8-,9+;;;;/m1..1..../s1/i;;;;;;1D;. The van der Waals surface area contributed by atoms with E-state index in [0.29, 0.717) is 93.2 Å². The second kappa shape index (κ2) is 54.5. The van der Waals surface area contributed by atoms with Crippen LogP contribution in [0.25, 0.3) is 22.7 Å². The van der Waals surface area contributed by atoms with Crippen LogP contribution in [0.3, 0.4) is 0 Å². The lowest BCUT2D eigenvalue weighted by Gasteiger charge is -2.33. The summed E-state index contributed by atoms with van der Waals surface area (Å²) in [5, 5.41) is 93.4. The molecule has 2 aliphatic carbocycles. The average molecular weight is 1950 g/mol. The molecule has 4 aromatic carbocycles. The molecule has 12 aromatic rings. The lowest BCUT2D eigenvalue weighted by molar-refractivity contribution is 0.0475. The highest BCUT2D eigenvalue weighted by atomic mass is 35.5. The second-order valence-corrected chi connectivity index (χ2v) is 36.9. The van der Waals surface area contributed by atoms with Gasteiger partial charge in [-0.1, -0.05) is 113 Å². The third-order valence-electron chi connectivity index (χ3n) is 17.7. The van der Waals surface area contributed by atoms with E-state index in [4.69, 9.17) is 39.2 Å². The van der Waals surface area contributed by atoms with Crippen LogP contribution < -0.4 is 43.4 Å². The van der Waals surface area contributed by atoms with Crippen LogP contribution in [0.5, 0.6) is 0 Å². The number of rotatable bonds is 24. The first-order valence-corrected chi connectivity index (χ1v) is 49.2. The first-order chi connectivity index (χ1) is 63.5. The summed E-state index contributed by atoms with van der Waals surface area (Å²) in [4.78, 5) is 65.0. The third-order valence-corrected chi connectivity index (χ3v) is 23.3. The largest absolute Gasteiger partial charge is 0.444 e. The van der Waals surface area contributed by atoms with E-state index in [0.717, 1.165) is 97.0 Å². The van der Waals surface area contributed by atoms with Crippen molar-refractivity contribution < 1.29 is 29.0 Å². The number of carbonyl (C=O) groups is 2. The van der Waals surface area contributed by atoms with E-state index in [1.54, 1.807) is 68.3 Å². The molecule has 37 nitrogen and oxygen atoms in total. The van der Waals surface area contributed by atoms with Gasteiger partial charge in [0, 0.05) is 46.6 Å². The smallest absolute Gasteiger partial charge is 0.407 e. The molecule has 2 amide bonds. The van der Waals surface area contributed by atoms with Crippen LogP contribution in [0, 0.1) is 45.3 Å². The summed E-state index contributed by atoms with van der Waals surface area (Å²) in [6, 6.07) is 38.4. The number of nitriles is 4. The van der Waals surface area contributed by atoms with E-state index in [1.807, 2.05) is 184 Å². The van der Waals surface area contributed by atoms with E-state index in [2.05, 4.69) is 131 Å². The number of halogens is 2. The Morgan fingerprint density at radius 2 is 0.856 bits per heavy atom. The fourth-order valence-corrected chi connectivity index (χ4v) is 16.5. The molecule has 8 heterocycles. The number of benzene rings is 4. The van der Waals surface area contributed by atoms with Gasteiger partial charge in [0.05, 0.1) is 97.7 Å². The second-order valence-electron chi connectivity index (χ2n) is 29.3. The Bertz CT molecular complexity index is 5880. The molecule has 14 rings (SSSR count). The SMILES string of the molecule is C.CC(C)(C)OC(=O)N[C@H]1CCCC[C@H]1N.CCS(=O)c1nc(Nc2cccc(-n3nccn3)c2)c(C#N)c(SC)n1.CCSc1nc(Cl)c(C#N)c(SC)n1.CCSc1nc(Nc2cccc(-n3nccn3)c2)c(C#N)c(SC)n1.CSc1nc(N[C@@H]2CCCC[C@@H]2NC(=O)OC(C)(C)C)nc(Nc2cccc(-n3nccn3)c2)c1C#N.Nc1cccc(-n2nccn2)c1.[2H]CF. The Morgan fingerprint density at radius 3 is 1.24 bits per heavy atom. The Hall–Kier alpha value is -12.3. The van der Waals surface area contributed by atoms with Crippen LogP contribution in [-0.4, -0.2) is 201 Å². The molecule has 0 spiro atoms. The fraction of sp³-hybridized carbons (Fsp3) is 0.372. The minimum Gasteiger partial charge on any atom is -0.444 e. The van der Waals surface area contributed by atoms with Gasteiger partial charge in [0.15, 0.2) is 32.9 Å². The topological polar surface area (TPSA) is 515 Å². The van der Waals surface area contributed by atoms with E-state index in [9.17, 15) is 34.0 Å². The summed E-state index contributed by atoms with van der Waals surface area (Å²) in [5.41, 5.74) is 18.1. The van der Waals surface area contributed by atoms with Crippen molar-refractivity contribution in [2.24, 2.45) is 5.73 Å². The van der Waals surface area contributed by atoms with Crippen molar-refractivity contribution in [1.29, 1.82) is 21.0 Å². The molecular formula is C86H106ClFN32O5S7. The predicted octanol–water partition coefficient (Wildman–Crippen LogP) is 17.4. The van der Waals surface area contributed by atoms with Crippen LogP contribution in [-0.2, 0) is 20.3 Å². The first-order valence-electron chi connectivity index (χ1n) is 41.3. The number of hydrogen-bond acceptors (Lipinski definition) is 37. The summed E-state index contributed by atoms with van der Waals surface area (Å²) < 4.78 is 38.3. The summed E-state index contributed by atoms with van der Waals surface area (Å²) >= 11 is 14.4. The number of nitrogens with two attached hydrogens (primary N) is 2. The van der Waals surface area contributed by atoms with Crippen molar-refractivity contribution in [1.82, 2.24) is 110 Å². The van der Waals surface area contributed by atoms with Gasteiger partial charge in [0.2, 0.25) is 11.1 Å². The monoisotopic (exact) mass is 1950 g/mol. The predicted molar refractivity (Wildman–Crippen MR) is 521 cm³/mol. The summed E-state index contributed by atoms with van der Waals surface area (Å²) in [5.74, 6) is 3.76. The van der Waals surface area contributed by atoms with Crippen molar-refractivity contribution in [2.75, 3.05) is 76.4 Å². The number of amides is 2. The maximum absolute atomic E-state index is 12.4. The van der Waals surface area contributed by atoms with E-state index < -0.39 is 35.2 Å². The number of alkyl carbamates (subject to hydrolysis) is 2. The average Bonchev–Trinajstić information content (AvgIpc) is 1.44. The third kappa shape index (κ3) is 33.2. The molecule has 2 aliphatic rings. The summed E-state index contributed by atoms with van der Waals surface area (Å²) in [7, 11) is -2.32. The fourth-order valence-electron chi connectivity index (χ4n) is 12.1. The molecule has 10 N–H and O–H groups in total. The Labute approximate surface area is 801 Å². The van der Waals surface area contributed by atoms with E-state index in [1.165, 1.54) is 78.0 Å². The van der Waals surface area contributed by atoms with Gasteiger partial charge >= 0.3 is 12.2 Å². The van der Waals surface area contributed by atoms with Gasteiger partial charge < -0.3 is 52.8 Å². The molecular weight excluding hydrogens is 1840 g/mol. The number of anilines is 8. The van der Waals surface area contributed by atoms with Crippen LogP contribution in [0.15, 0.2) is 182 Å². The number of nitrogens with zero attached hydrogens (tertiary/aromatic N) is 24. The maximum Gasteiger partial charge on any atom is 0.407 e. The minimum absolute atomic E-state index is 0. The van der Waals surface area contributed by atoms with Crippen molar-refractivity contribution >= 4 is 151 Å². The molecule has 696 valence electrons. The van der Waals surface area contributed by atoms with Crippen molar-refractivity contribution in [2.45, 2.75) is 192 Å². The van der Waals surface area contributed by atoms with Crippen LogP contribution in [0.2, 0.25) is 5.15 Å². The highest BCUT2D eigenvalue weighted by Gasteiger charge is 2.31. The van der Waals surface area contributed by atoms with Gasteiger partial charge in [0.25, 0.3) is 0 Å². The number of thioether (sulfide) groups is 6. The Morgan fingerprint density at radius 1 is 0.508 bits per heavy atom. The molecule has 2 fully saturated rings. The molecule has 8 aromatic heterocycles. The Kier molecular flexibility index (Phi) is 43.4. The number of alkyl halides is 1. The number of aromatic nitrogens is 20. The zero-order chi connectivity index (χ0) is 95.7. The summed E-state index contributed by atoms with van der Waals surface area (Å²) in [6.07, 6.45) is 27.5. The quantitative estimate of drug-likeness (QED) is 0.0121. The van der Waals surface area contributed by atoms with Crippen molar-refractivity contribution in [3.05, 3.63) is 174 Å². The molecule has 0 aliphatic heterocycles. The molecule has 132 heavy (non-hydrogen) atoms. The van der Waals surface area contributed by atoms with Gasteiger partial charge in [-0.2, -0.15) is 86.0 Å².